The number of aryl methyl sites for hydroxylation is 1. The van der Waals surface area contributed by atoms with E-state index in [1.165, 1.54) is 24.3 Å². The topological polar surface area (TPSA) is 110 Å². The molecule has 1 aliphatic carbocycles. The number of hydrogen-bond acceptors (Lipinski definition) is 6. The number of fused-ring (bicyclic) bond motifs is 1. The van der Waals surface area contributed by atoms with Gasteiger partial charge in [0, 0.05) is 23.7 Å². The fourth-order valence-electron chi connectivity index (χ4n) is 4.69. The van der Waals surface area contributed by atoms with Crippen molar-refractivity contribution in [3.05, 3.63) is 77.2 Å². The molecule has 0 radical (unpaired) electrons. The van der Waals surface area contributed by atoms with E-state index in [-0.39, 0.29) is 27.7 Å². The van der Waals surface area contributed by atoms with Gasteiger partial charge in [0.1, 0.15) is 10.7 Å². The van der Waals surface area contributed by atoms with E-state index in [9.17, 15) is 8.42 Å². The maximum atomic E-state index is 15.1. The van der Waals surface area contributed by atoms with Crippen LogP contribution in [0.4, 0.5) is 16.0 Å². The highest BCUT2D eigenvalue weighted by Crippen LogP contribution is 2.31. The van der Waals surface area contributed by atoms with E-state index in [2.05, 4.69) is 15.0 Å². The van der Waals surface area contributed by atoms with Crippen LogP contribution in [-0.4, -0.2) is 30.5 Å². The second-order valence-corrected chi connectivity index (χ2v) is 11.3. The van der Waals surface area contributed by atoms with Gasteiger partial charge in [-0.25, -0.2) is 22.8 Å². The van der Waals surface area contributed by atoms with Crippen LogP contribution in [0.3, 0.4) is 0 Å². The molecule has 3 aromatic carbocycles. The molecule has 192 valence electrons. The lowest BCUT2D eigenvalue weighted by Gasteiger charge is -2.15. The molecule has 1 aliphatic rings. The summed E-state index contributed by atoms with van der Waals surface area (Å²) < 4.78 is 42.8. The van der Waals surface area contributed by atoms with E-state index < -0.39 is 15.8 Å². The molecule has 1 saturated carbocycles. The summed E-state index contributed by atoms with van der Waals surface area (Å²) >= 11 is 6.02. The molecular formula is C27H27ClFN5O2S. The molecule has 7 nitrogen and oxygen atoms in total. The SMILES string of the molecule is CCc1cc(-c2ccc(NS(=O)(=O)c3ccccc3Cl)c(F)c2)cc2cnc(N[C@@H]3CC[C@@H](N)C3)nc12. The molecule has 10 heteroatoms. The lowest BCUT2D eigenvalue weighted by Crippen LogP contribution is -2.21. The van der Waals surface area contributed by atoms with E-state index in [1.807, 2.05) is 19.1 Å². The Bertz CT molecular complexity index is 1580. The lowest BCUT2D eigenvalue weighted by atomic mass is 9.98. The molecule has 2 atom stereocenters. The smallest absolute Gasteiger partial charge is 0.263 e. The van der Waals surface area contributed by atoms with Crippen LogP contribution in [0.2, 0.25) is 5.02 Å². The highest BCUT2D eigenvalue weighted by atomic mass is 35.5. The normalized spacial score (nSPS) is 17.7. The van der Waals surface area contributed by atoms with Crippen molar-refractivity contribution in [2.75, 3.05) is 10.0 Å². The Morgan fingerprint density at radius 1 is 1.11 bits per heavy atom. The summed E-state index contributed by atoms with van der Waals surface area (Å²) in [6, 6.07) is 14.8. The molecule has 37 heavy (non-hydrogen) atoms. The zero-order chi connectivity index (χ0) is 26.2. The van der Waals surface area contributed by atoms with Gasteiger partial charge >= 0.3 is 0 Å². The van der Waals surface area contributed by atoms with E-state index in [4.69, 9.17) is 22.3 Å². The van der Waals surface area contributed by atoms with Crippen molar-refractivity contribution in [1.82, 2.24) is 9.97 Å². The molecule has 0 amide bonds. The third-order valence-corrected chi connectivity index (χ3v) is 8.49. The highest BCUT2D eigenvalue weighted by Gasteiger charge is 2.23. The van der Waals surface area contributed by atoms with Crippen LogP contribution in [0.25, 0.3) is 22.0 Å². The molecule has 4 aromatic rings. The average Bonchev–Trinajstić information content (AvgIpc) is 3.29. The quantitative estimate of drug-likeness (QED) is 0.276. The monoisotopic (exact) mass is 539 g/mol. The maximum Gasteiger partial charge on any atom is 0.263 e. The molecular weight excluding hydrogens is 513 g/mol. The second-order valence-electron chi connectivity index (χ2n) is 9.27. The van der Waals surface area contributed by atoms with Crippen molar-refractivity contribution in [1.29, 1.82) is 0 Å². The van der Waals surface area contributed by atoms with Crippen LogP contribution in [0.5, 0.6) is 0 Å². The second kappa shape index (κ2) is 10.2. The number of sulfonamides is 1. The van der Waals surface area contributed by atoms with Crippen LogP contribution in [0, 0.1) is 5.82 Å². The summed E-state index contributed by atoms with van der Waals surface area (Å²) in [7, 11) is -4.05. The Morgan fingerprint density at radius 3 is 2.62 bits per heavy atom. The van der Waals surface area contributed by atoms with Crippen molar-refractivity contribution in [2.24, 2.45) is 5.73 Å². The van der Waals surface area contributed by atoms with Gasteiger partial charge in [0.05, 0.1) is 16.2 Å². The summed E-state index contributed by atoms with van der Waals surface area (Å²) in [4.78, 5) is 9.12. The molecule has 0 aliphatic heterocycles. The first-order valence-electron chi connectivity index (χ1n) is 12.1. The maximum absolute atomic E-state index is 15.1. The number of rotatable bonds is 7. The first kappa shape index (κ1) is 25.4. The van der Waals surface area contributed by atoms with E-state index in [0.717, 1.165) is 47.7 Å². The molecule has 0 spiro atoms. The van der Waals surface area contributed by atoms with Gasteiger partial charge in [-0.2, -0.15) is 0 Å². The number of aromatic nitrogens is 2. The van der Waals surface area contributed by atoms with Crippen LogP contribution in [0.15, 0.2) is 65.7 Å². The zero-order valence-corrected chi connectivity index (χ0v) is 21.8. The van der Waals surface area contributed by atoms with Crippen molar-refractivity contribution < 1.29 is 12.8 Å². The fourth-order valence-corrected chi connectivity index (χ4v) is 6.28. The van der Waals surface area contributed by atoms with Gasteiger partial charge in [-0.15, -0.1) is 0 Å². The summed E-state index contributed by atoms with van der Waals surface area (Å²) in [5.41, 5.74) is 9.10. The Labute approximate surface area is 220 Å². The fraction of sp³-hybridized carbons (Fsp3) is 0.259. The Morgan fingerprint density at radius 2 is 1.92 bits per heavy atom. The van der Waals surface area contributed by atoms with Crippen molar-refractivity contribution in [3.8, 4) is 11.1 Å². The van der Waals surface area contributed by atoms with Gasteiger partial charge in [0.25, 0.3) is 10.0 Å². The van der Waals surface area contributed by atoms with Gasteiger partial charge in [0.15, 0.2) is 0 Å². The van der Waals surface area contributed by atoms with Crippen molar-refractivity contribution >= 4 is 44.2 Å². The van der Waals surface area contributed by atoms with Crippen LogP contribution < -0.4 is 15.8 Å². The standard InChI is InChI=1S/C27H27ClFN5O2S/c1-2-16-11-18(12-19-15-31-27(33-26(16)19)32-21-9-8-20(30)14-21)17-7-10-24(23(29)13-17)34-37(35,36)25-6-4-3-5-22(25)28/h3-7,10-13,15,20-21,34H,2,8-9,14,30H2,1H3,(H,31,32,33)/t20-,21-/m1/s1. The van der Waals surface area contributed by atoms with Gasteiger partial charge in [-0.3, -0.25) is 4.72 Å². The number of hydrogen-bond donors (Lipinski definition) is 3. The first-order chi connectivity index (χ1) is 17.7. The molecule has 0 bridgehead atoms. The van der Waals surface area contributed by atoms with Gasteiger partial charge in [-0.1, -0.05) is 36.7 Å². The van der Waals surface area contributed by atoms with E-state index in [0.29, 0.717) is 11.5 Å². The number of halogens is 2. The molecule has 1 aromatic heterocycles. The minimum Gasteiger partial charge on any atom is -0.351 e. The Balaban J connectivity index is 1.43. The number of nitrogens with one attached hydrogen (secondary N) is 2. The van der Waals surface area contributed by atoms with Crippen LogP contribution in [-0.2, 0) is 16.4 Å². The molecule has 1 heterocycles. The van der Waals surface area contributed by atoms with E-state index >= 15 is 4.39 Å². The predicted molar refractivity (Wildman–Crippen MR) is 146 cm³/mol. The molecule has 5 rings (SSSR count). The Hall–Kier alpha value is -3.27. The number of benzene rings is 3. The number of nitrogens with zero attached hydrogens (tertiary/aromatic N) is 2. The van der Waals surface area contributed by atoms with Crippen LogP contribution in [0.1, 0.15) is 31.7 Å². The molecule has 1 fully saturated rings. The van der Waals surface area contributed by atoms with Crippen molar-refractivity contribution in [2.45, 2.75) is 49.6 Å². The average molecular weight is 540 g/mol. The van der Waals surface area contributed by atoms with Gasteiger partial charge < -0.3 is 11.1 Å². The molecule has 0 saturated heterocycles. The summed E-state index contributed by atoms with van der Waals surface area (Å²) in [6.07, 6.45) is 5.39. The van der Waals surface area contributed by atoms with Crippen LogP contribution >= 0.6 is 11.6 Å². The lowest BCUT2D eigenvalue weighted by molar-refractivity contribution is 0.598. The third kappa shape index (κ3) is 5.39. The van der Waals surface area contributed by atoms with Gasteiger partial charge in [-0.05, 0) is 78.8 Å². The number of nitrogens with two attached hydrogens (primary N) is 1. The summed E-state index contributed by atoms with van der Waals surface area (Å²) in [6.45, 7) is 2.04. The number of anilines is 2. The highest BCUT2D eigenvalue weighted by molar-refractivity contribution is 7.92. The minimum atomic E-state index is -4.05. The summed E-state index contributed by atoms with van der Waals surface area (Å²) in [5.74, 6) is -0.118. The van der Waals surface area contributed by atoms with Crippen molar-refractivity contribution in [3.63, 3.8) is 0 Å². The molecule has 4 N–H and O–H groups in total. The van der Waals surface area contributed by atoms with E-state index in [1.54, 1.807) is 24.4 Å². The Kier molecular flexibility index (Phi) is 7.02. The largest absolute Gasteiger partial charge is 0.351 e. The molecule has 0 unspecified atom stereocenters. The predicted octanol–water partition coefficient (Wildman–Crippen LogP) is 5.74. The minimum absolute atomic E-state index is 0.0580. The summed E-state index contributed by atoms with van der Waals surface area (Å²) in [5, 5.41) is 4.29. The third-order valence-electron chi connectivity index (χ3n) is 6.62. The first-order valence-corrected chi connectivity index (χ1v) is 14.0. The zero-order valence-electron chi connectivity index (χ0n) is 20.2. The van der Waals surface area contributed by atoms with Gasteiger partial charge in [0.2, 0.25) is 5.95 Å².